The molecule has 0 spiro atoms. The van der Waals surface area contributed by atoms with Crippen LogP contribution in [0.5, 0.6) is 0 Å². The number of aromatic nitrogens is 2. The van der Waals surface area contributed by atoms with Gasteiger partial charge in [-0.05, 0) is 11.6 Å². The highest BCUT2D eigenvalue weighted by molar-refractivity contribution is 5.83. The lowest BCUT2D eigenvalue weighted by Gasteiger charge is -2.18. The summed E-state index contributed by atoms with van der Waals surface area (Å²) in [5.41, 5.74) is 0.455. The molecule has 1 amide bonds. The van der Waals surface area contributed by atoms with Gasteiger partial charge in [-0.25, -0.2) is 9.78 Å². The van der Waals surface area contributed by atoms with E-state index in [0.29, 0.717) is 0 Å². The average Bonchev–Trinajstić information content (AvgIpc) is 3.14. The SMILES string of the molecule is COC(=O)C(Cc1ncn(Cc2ccccc2)c1-c1ccccc1C(F)(F)F)NC(C)=O. The summed E-state index contributed by atoms with van der Waals surface area (Å²) in [6, 6.07) is 13.3. The number of benzene rings is 2. The minimum absolute atomic E-state index is 0.0603. The molecule has 0 saturated carbocycles. The third-order valence-electron chi connectivity index (χ3n) is 4.86. The molecule has 0 saturated heterocycles. The lowest BCUT2D eigenvalue weighted by atomic mass is 9.99. The Morgan fingerprint density at radius 2 is 1.75 bits per heavy atom. The zero-order valence-corrected chi connectivity index (χ0v) is 17.5. The van der Waals surface area contributed by atoms with Crippen molar-refractivity contribution in [1.82, 2.24) is 14.9 Å². The summed E-state index contributed by atoms with van der Waals surface area (Å²) in [5.74, 6) is -1.19. The predicted molar refractivity (Wildman–Crippen MR) is 112 cm³/mol. The molecule has 168 valence electrons. The highest BCUT2D eigenvalue weighted by Crippen LogP contribution is 2.38. The van der Waals surface area contributed by atoms with E-state index in [9.17, 15) is 22.8 Å². The molecular weight excluding hydrogens is 423 g/mol. The van der Waals surface area contributed by atoms with Gasteiger partial charge in [-0.3, -0.25) is 4.79 Å². The summed E-state index contributed by atoms with van der Waals surface area (Å²) in [4.78, 5) is 28.0. The first-order valence-electron chi connectivity index (χ1n) is 9.80. The number of alkyl halides is 3. The van der Waals surface area contributed by atoms with E-state index < -0.39 is 29.7 Å². The van der Waals surface area contributed by atoms with Gasteiger partial charge in [0.25, 0.3) is 0 Å². The molecule has 1 heterocycles. The van der Waals surface area contributed by atoms with Gasteiger partial charge in [0.1, 0.15) is 6.04 Å². The van der Waals surface area contributed by atoms with Crippen LogP contribution in [0.4, 0.5) is 13.2 Å². The van der Waals surface area contributed by atoms with Crippen molar-refractivity contribution < 1.29 is 27.5 Å². The van der Waals surface area contributed by atoms with E-state index in [2.05, 4.69) is 10.3 Å². The zero-order valence-electron chi connectivity index (χ0n) is 17.5. The second-order valence-electron chi connectivity index (χ2n) is 7.18. The van der Waals surface area contributed by atoms with Crippen LogP contribution in [0.25, 0.3) is 11.3 Å². The molecule has 0 aliphatic rings. The normalized spacial score (nSPS) is 12.3. The number of amides is 1. The summed E-state index contributed by atoms with van der Waals surface area (Å²) >= 11 is 0. The van der Waals surface area contributed by atoms with Crippen molar-refractivity contribution in [2.75, 3.05) is 7.11 Å². The summed E-state index contributed by atoms with van der Waals surface area (Å²) in [6.07, 6.45) is -3.28. The standard InChI is InChI=1S/C23H22F3N3O3/c1-15(30)28-20(22(31)32-2)12-19-21(17-10-6-7-11-18(17)23(24,25)26)29(14-27-19)13-16-8-4-3-5-9-16/h3-11,14,20H,12-13H2,1-2H3,(H,28,30). The first-order chi connectivity index (χ1) is 15.2. The van der Waals surface area contributed by atoms with Crippen LogP contribution < -0.4 is 5.32 Å². The van der Waals surface area contributed by atoms with Crippen LogP contribution in [0.2, 0.25) is 0 Å². The molecular formula is C23H22F3N3O3. The number of hydrogen-bond acceptors (Lipinski definition) is 4. The molecule has 0 aliphatic heterocycles. The number of halogens is 3. The highest BCUT2D eigenvalue weighted by atomic mass is 19.4. The fraction of sp³-hybridized carbons (Fsp3) is 0.261. The first-order valence-corrected chi connectivity index (χ1v) is 9.80. The lowest BCUT2D eigenvalue weighted by molar-refractivity contribution is -0.144. The highest BCUT2D eigenvalue weighted by Gasteiger charge is 2.35. The Morgan fingerprint density at radius 1 is 1.09 bits per heavy atom. The van der Waals surface area contributed by atoms with E-state index >= 15 is 0 Å². The zero-order chi connectivity index (χ0) is 23.3. The van der Waals surface area contributed by atoms with Gasteiger partial charge in [0.2, 0.25) is 5.91 Å². The van der Waals surface area contributed by atoms with Crippen molar-refractivity contribution in [3.05, 3.63) is 77.7 Å². The van der Waals surface area contributed by atoms with E-state index in [1.165, 1.54) is 38.6 Å². The van der Waals surface area contributed by atoms with E-state index in [1.54, 1.807) is 4.57 Å². The van der Waals surface area contributed by atoms with Gasteiger partial charge in [-0.15, -0.1) is 0 Å². The second kappa shape index (κ2) is 9.67. The van der Waals surface area contributed by atoms with E-state index in [-0.39, 0.29) is 29.9 Å². The summed E-state index contributed by atoms with van der Waals surface area (Å²) < 4.78 is 47.7. The van der Waals surface area contributed by atoms with Crippen LogP contribution in [0, 0.1) is 0 Å². The fourth-order valence-electron chi connectivity index (χ4n) is 3.49. The van der Waals surface area contributed by atoms with Crippen LogP contribution in [-0.4, -0.2) is 34.6 Å². The number of methoxy groups -OCH3 is 1. The molecule has 0 aliphatic carbocycles. The van der Waals surface area contributed by atoms with Crippen molar-refractivity contribution in [2.24, 2.45) is 0 Å². The Hall–Kier alpha value is -3.62. The maximum atomic E-state index is 13.8. The number of carbonyl (C=O) groups excluding carboxylic acids is 2. The number of ether oxygens (including phenoxy) is 1. The summed E-state index contributed by atoms with van der Waals surface area (Å²) in [5, 5.41) is 2.48. The maximum Gasteiger partial charge on any atom is 0.417 e. The Morgan fingerprint density at radius 3 is 2.38 bits per heavy atom. The van der Waals surface area contributed by atoms with Crippen molar-refractivity contribution >= 4 is 11.9 Å². The number of nitrogens with zero attached hydrogens (tertiary/aromatic N) is 2. The molecule has 1 N–H and O–H groups in total. The number of carbonyl (C=O) groups is 2. The third kappa shape index (κ3) is 5.35. The molecule has 2 aromatic carbocycles. The topological polar surface area (TPSA) is 73.2 Å². The van der Waals surface area contributed by atoms with Gasteiger partial charge in [0, 0.05) is 25.5 Å². The Balaban J connectivity index is 2.13. The van der Waals surface area contributed by atoms with Crippen LogP contribution >= 0.6 is 0 Å². The lowest BCUT2D eigenvalue weighted by Crippen LogP contribution is -2.42. The smallest absolute Gasteiger partial charge is 0.417 e. The molecule has 32 heavy (non-hydrogen) atoms. The van der Waals surface area contributed by atoms with Crippen LogP contribution in [0.3, 0.4) is 0 Å². The van der Waals surface area contributed by atoms with Gasteiger partial charge in [0.05, 0.1) is 30.4 Å². The minimum Gasteiger partial charge on any atom is -0.467 e. The van der Waals surface area contributed by atoms with E-state index in [1.807, 2.05) is 30.3 Å². The summed E-state index contributed by atoms with van der Waals surface area (Å²) in [7, 11) is 1.17. The molecule has 0 bridgehead atoms. The van der Waals surface area contributed by atoms with Crippen molar-refractivity contribution in [2.45, 2.75) is 32.1 Å². The number of esters is 1. The van der Waals surface area contributed by atoms with Gasteiger partial charge in [0.15, 0.2) is 0 Å². The van der Waals surface area contributed by atoms with Gasteiger partial charge >= 0.3 is 12.1 Å². The van der Waals surface area contributed by atoms with Crippen molar-refractivity contribution in [3.63, 3.8) is 0 Å². The van der Waals surface area contributed by atoms with Crippen LogP contribution in [0.1, 0.15) is 23.7 Å². The largest absolute Gasteiger partial charge is 0.467 e. The molecule has 6 nitrogen and oxygen atoms in total. The fourth-order valence-corrected chi connectivity index (χ4v) is 3.49. The van der Waals surface area contributed by atoms with E-state index in [0.717, 1.165) is 11.6 Å². The van der Waals surface area contributed by atoms with Gasteiger partial charge < -0.3 is 14.6 Å². The molecule has 3 aromatic rings. The Labute approximate surface area is 183 Å². The molecule has 0 fully saturated rings. The van der Waals surface area contributed by atoms with Crippen LogP contribution in [-0.2, 0) is 33.5 Å². The van der Waals surface area contributed by atoms with Gasteiger partial charge in [-0.1, -0.05) is 48.5 Å². The Bertz CT molecular complexity index is 1090. The maximum absolute atomic E-state index is 13.8. The van der Waals surface area contributed by atoms with Crippen molar-refractivity contribution in [1.29, 1.82) is 0 Å². The molecule has 1 atom stereocenters. The Kier molecular flexibility index (Phi) is 6.97. The number of hydrogen-bond donors (Lipinski definition) is 1. The monoisotopic (exact) mass is 445 g/mol. The van der Waals surface area contributed by atoms with Crippen molar-refractivity contribution in [3.8, 4) is 11.3 Å². The quantitative estimate of drug-likeness (QED) is 0.561. The molecule has 9 heteroatoms. The third-order valence-corrected chi connectivity index (χ3v) is 4.86. The first kappa shape index (κ1) is 23.1. The minimum atomic E-state index is -4.59. The second-order valence-corrected chi connectivity index (χ2v) is 7.18. The summed E-state index contributed by atoms with van der Waals surface area (Å²) in [6.45, 7) is 1.52. The molecule has 1 aromatic heterocycles. The molecule has 0 radical (unpaired) electrons. The number of nitrogens with one attached hydrogen (secondary N) is 1. The number of rotatable bonds is 7. The van der Waals surface area contributed by atoms with Crippen LogP contribution in [0.15, 0.2) is 60.9 Å². The number of imidazole rings is 1. The molecule has 3 rings (SSSR count). The van der Waals surface area contributed by atoms with Gasteiger partial charge in [-0.2, -0.15) is 13.2 Å². The van der Waals surface area contributed by atoms with E-state index in [4.69, 9.17) is 4.74 Å². The molecule has 1 unspecified atom stereocenters. The predicted octanol–water partition coefficient (Wildman–Crippen LogP) is 3.84. The average molecular weight is 445 g/mol.